The molecule has 1 heterocycles. The lowest BCUT2D eigenvalue weighted by molar-refractivity contribution is 0.470. The van der Waals surface area contributed by atoms with Gasteiger partial charge in [-0.2, -0.15) is 0 Å². The lowest BCUT2D eigenvalue weighted by Crippen LogP contribution is -2.40. The molecule has 0 atom stereocenters. The smallest absolute Gasteiger partial charge is 0.185 e. The predicted molar refractivity (Wildman–Crippen MR) is 67.7 cm³/mol. The lowest BCUT2D eigenvalue weighted by atomic mass is 10.0. The van der Waals surface area contributed by atoms with Crippen LogP contribution in [0.25, 0.3) is 0 Å². The number of anilines is 1. The molecular weight excluding hydrogens is 206 g/mol. The van der Waals surface area contributed by atoms with Crippen LogP contribution in [-0.2, 0) is 6.54 Å². The van der Waals surface area contributed by atoms with E-state index in [9.17, 15) is 0 Å². The second-order valence-electron chi connectivity index (χ2n) is 4.36. The molecule has 3 nitrogen and oxygen atoms in total. The number of aromatic nitrogens is 1. The standard InChI is InChI=1S/C11H21N3S/c1-6-11(2,3)14(5)10-13-8-9(15-10)7-12-4/h8,12H,6-7H2,1-5H3. The SMILES string of the molecule is CCC(C)(C)N(C)c1ncc(CNC)s1. The summed E-state index contributed by atoms with van der Waals surface area (Å²) in [6.45, 7) is 7.59. The maximum absolute atomic E-state index is 4.45. The molecule has 86 valence electrons. The minimum absolute atomic E-state index is 0.175. The topological polar surface area (TPSA) is 28.2 Å². The number of rotatable bonds is 5. The van der Waals surface area contributed by atoms with Crippen LogP contribution in [0, 0.1) is 0 Å². The first-order valence-electron chi connectivity index (χ1n) is 5.34. The van der Waals surface area contributed by atoms with Crippen LogP contribution < -0.4 is 10.2 Å². The Morgan fingerprint density at radius 2 is 2.20 bits per heavy atom. The van der Waals surface area contributed by atoms with Gasteiger partial charge in [-0.05, 0) is 27.3 Å². The first-order valence-corrected chi connectivity index (χ1v) is 6.16. The molecule has 1 rings (SSSR count). The average Bonchev–Trinajstić information content (AvgIpc) is 2.66. The van der Waals surface area contributed by atoms with Gasteiger partial charge in [0.25, 0.3) is 0 Å². The molecule has 0 saturated carbocycles. The highest BCUT2D eigenvalue weighted by Crippen LogP contribution is 2.28. The van der Waals surface area contributed by atoms with E-state index in [4.69, 9.17) is 0 Å². The van der Waals surface area contributed by atoms with Crippen molar-refractivity contribution < 1.29 is 0 Å². The highest BCUT2D eigenvalue weighted by atomic mass is 32.1. The largest absolute Gasteiger partial charge is 0.346 e. The third-order valence-corrected chi connectivity index (χ3v) is 4.03. The first kappa shape index (κ1) is 12.5. The predicted octanol–water partition coefficient (Wildman–Crippen LogP) is 2.49. The molecule has 4 heteroatoms. The second kappa shape index (κ2) is 4.94. The molecule has 0 aliphatic rings. The minimum Gasteiger partial charge on any atom is -0.346 e. The normalized spacial score (nSPS) is 11.8. The fourth-order valence-corrected chi connectivity index (χ4v) is 2.25. The van der Waals surface area contributed by atoms with E-state index in [-0.39, 0.29) is 5.54 Å². The fraction of sp³-hybridized carbons (Fsp3) is 0.727. The van der Waals surface area contributed by atoms with Crippen LogP contribution >= 0.6 is 11.3 Å². The molecule has 0 spiro atoms. The number of nitrogens with zero attached hydrogens (tertiary/aromatic N) is 2. The summed E-state index contributed by atoms with van der Waals surface area (Å²) in [7, 11) is 4.07. The molecule has 1 aromatic heterocycles. The summed E-state index contributed by atoms with van der Waals surface area (Å²) in [4.78, 5) is 8.00. The van der Waals surface area contributed by atoms with Gasteiger partial charge < -0.3 is 10.2 Å². The van der Waals surface area contributed by atoms with E-state index >= 15 is 0 Å². The summed E-state index contributed by atoms with van der Waals surface area (Å²) in [5, 5.41) is 4.24. The van der Waals surface area contributed by atoms with Gasteiger partial charge >= 0.3 is 0 Å². The Morgan fingerprint density at radius 1 is 1.53 bits per heavy atom. The molecule has 0 saturated heterocycles. The van der Waals surface area contributed by atoms with E-state index in [0.29, 0.717) is 0 Å². The molecule has 0 unspecified atom stereocenters. The zero-order chi connectivity index (χ0) is 11.5. The van der Waals surface area contributed by atoms with Gasteiger partial charge in [0.05, 0.1) is 0 Å². The zero-order valence-electron chi connectivity index (χ0n) is 10.3. The van der Waals surface area contributed by atoms with Gasteiger partial charge in [0.1, 0.15) is 0 Å². The Morgan fingerprint density at radius 3 is 2.73 bits per heavy atom. The van der Waals surface area contributed by atoms with Crippen molar-refractivity contribution in [3.8, 4) is 0 Å². The molecule has 0 fully saturated rings. The van der Waals surface area contributed by atoms with Gasteiger partial charge in [0, 0.05) is 30.2 Å². The van der Waals surface area contributed by atoms with Crippen LogP contribution in [0.2, 0.25) is 0 Å². The zero-order valence-corrected chi connectivity index (χ0v) is 11.1. The summed E-state index contributed by atoms with van der Waals surface area (Å²) >= 11 is 1.76. The van der Waals surface area contributed by atoms with Crippen molar-refractivity contribution >= 4 is 16.5 Å². The lowest BCUT2D eigenvalue weighted by Gasteiger charge is -2.34. The van der Waals surface area contributed by atoms with Crippen LogP contribution in [0.3, 0.4) is 0 Å². The minimum atomic E-state index is 0.175. The summed E-state index contributed by atoms with van der Waals surface area (Å²) in [5.74, 6) is 0. The fourth-order valence-electron chi connectivity index (χ4n) is 1.20. The molecule has 0 aromatic carbocycles. The Kier molecular flexibility index (Phi) is 4.11. The van der Waals surface area contributed by atoms with E-state index in [1.54, 1.807) is 11.3 Å². The van der Waals surface area contributed by atoms with Gasteiger partial charge in [0.15, 0.2) is 5.13 Å². The molecular formula is C11H21N3S. The molecule has 0 aliphatic heterocycles. The maximum Gasteiger partial charge on any atom is 0.185 e. The number of nitrogens with one attached hydrogen (secondary N) is 1. The highest BCUT2D eigenvalue weighted by Gasteiger charge is 2.23. The number of hydrogen-bond acceptors (Lipinski definition) is 4. The maximum atomic E-state index is 4.45. The molecule has 0 amide bonds. The number of hydrogen-bond donors (Lipinski definition) is 1. The van der Waals surface area contributed by atoms with Crippen molar-refractivity contribution in [1.82, 2.24) is 10.3 Å². The molecule has 0 radical (unpaired) electrons. The highest BCUT2D eigenvalue weighted by molar-refractivity contribution is 7.15. The molecule has 0 bridgehead atoms. The Balaban J connectivity index is 2.78. The van der Waals surface area contributed by atoms with Crippen LogP contribution in [-0.4, -0.2) is 24.6 Å². The Bertz CT molecular complexity index is 307. The molecule has 15 heavy (non-hydrogen) atoms. The molecule has 1 N–H and O–H groups in total. The van der Waals surface area contributed by atoms with E-state index in [0.717, 1.165) is 18.1 Å². The number of thiazole rings is 1. The van der Waals surface area contributed by atoms with Crippen molar-refractivity contribution in [2.45, 2.75) is 39.3 Å². The molecule has 1 aromatic rings. The van der Waals surface area contributed by atoms with E-state index in [1.807, 2.05) is 13.2 Å². The third kappa shape index (κ3) is 2.92. The van der Waals surface area contributed by atoms with Crippen molar-refractivity contribution in [3.63, 3.8) is 0 Å². The summed E-state index contributed by atoms with van der Waals surface area (Å²) in [6, 6.07) is 0. The Labute approximate surface area is 96.5 Å². The van der Waals surface area contributed by atoms with Gasteiger partial charge in [-0.1, -0.05) is 6.92 Å². The van der Waals surface area contributed by atoms with Crippen molar-refractivity contribution in [3.05, 3.63) is 11.1 Å². The summed E-state index contributed by atoms with van der Waals surface area (Å²) < 4.78 is 0. The monoisotopic (exact) mass is 227 g/mol. The van der Waals surface area contributed by atoms with E-state index in [1.165, 1.54) is 4.88 Å². The van der Waals surface area contributed by atoms with Crippen molar-refractivity contribution in [1.29, 1.82) is 0 Å². The van der Waals surface area contributed by atoms with Gasteiger partial charge in [-0.3, -0.25) is 0 Å². The second-order valence-corrected chi connectivity index (χ2v) is 5.46. The van der Waals surface area contributed by atoms with Crippen LogP contribution in [0.5, 0.6) is 0 Å². The third-order valence-electron chi connectivity index (χ3n) is 2.95. The van der Waals surface area contributed by atoms with Crippen LogP contribution in [0.4, 0.5) is 5.13 Å². The summed E-state index contributed by atoms with van der Waals surface area (Å²) in [5.41, 5.74) is 0.175. The van der Waals surface area contributed by atoms with Crippen LogP contribution in [0.1, 0.15) is 32.1 Å². The first-order chi connectivity index (χ1) is 7.01. The quantitative estimate of drug-likeness (QED) is 0.837. The van der Waals surface area contributed by atoms with Gasteiger partial charge in [-0.15, -0.1) is 11.3 Å². The van der Waals surface area contributed by atoms with Crippen LogP contribution in [0.15, 0.2) is 6.20 Å². The van der Waals surface area contributed by atoms with E-state index < -0.39 is 0 Å². The van der Waals surface area contributed by atoms with Gasteiger partial charge in [0.2, 0.25) is 0 Å². The van der Waals surface area contributed by atoms with Crippen molar-refractivity contribution in [2.24, 2.45) is 0 Å². The summed E-state index contributed by atoms with van der Waals surface area (Å²) in [6.07, 6.45) is 3.07. The Hall–Kier alpha value is -0.610. The van der Waals surface area contributed by atoms with Gasteiger partial charge in [-0.25, -0.2) is 4.98 Å². The molecule has 0 aliphatic carbocycles. The van der Waals surface area contributed by atoms with Crippen molar-refractivity contribution in [2.75, 3.05) is 19.0 Å². The van der Waals surface area contributed by atoms with E-state index in [2.05, 4.69) is 43.0 Å². The average molecular weight is 227 g/mol.